The molecule has 0 saturated heterocycles. The first-order valence-corrected chi connectivity index (χ1v) is 11.7. The number of aromatic nitrogens is 1. The molecule has 0 spiro atoms. The number of amides is 1. The molecule has 1 N–H and O–H groups in total. The summed E-state index contributed by atoms with van der Waals surface area (Å²) in [6, 6.07) is 6.82. The molecular formula is C23H23FN2O3S2. The highest BCUT2D eigenvalue weighted by atomic mass is 32.2. The summed E-state index contributed by atoms with van der Waals surface area (Å²) in [6.45, 7) is 3.82. The average Bonchev–Trinajstić information content (AvgIpc) is 3.26. The number of benzene rings is 1. The Labute approximate surface area is 189 Å². The molecule has 0 saturated carbocycles. The zero-order valence-electron chi connectivity index (χ0n) is 17.7. The van der Waals surface area contributed by atoms with Crippen LogP contribution >= 0.6 is 23.1 Å². The third kappa shape index (κ3) is 5.97. The Morgan fingerprint density at radius 3 is 2.84 bits per heavy atom. The van der Waals surface area contributed by atoms with E-state index in [0.29, 0.717) is 5.52 Å². The van der Waals surface area contributed by atoms with Gasteiger partial charge in [0, 0.05) is 30.3 Å². The van der Waals surface area contributed by atoms with Crippen molar-refractivity contribution >= 4 is 39.9 Å². The number of carbonyl (C=O) groups is 1. The fraction of sp³-hybridized carbons (Fsp3) is 0.304. The number of thioether (sulfide) groups is 1. The molecule has 0 aliphatic rings. The van der Waals surface area contributed by atoms with E-state index in [-0.39, 0.29) is 12.4 Å². The number of methoxy groups -OCH3 is 1. The Balaban J connectivity index is 1.82. The maximum Gasteiger partial charge on any atom is 0.272 e. The quantitative estimate of drug-likeness (QED) is 0.410. The monoisotopic (exact) mass is 458 g/mol. The first-order chi connectivity index (χ1) is 14.8. The van der Waals surface area contributed by atoms with Crippen LogP contribution in [-0.2, 0) is 9.53 Å². The lowest BCUT2D eigenvalue weighted by Gasteiger charge is -2.24. The number of rotatable bonds is 7. The van der Waals surface area contributed by atoms with Crippen molar-refractivity contribution in [3.05, 3.63) is 47.0 Å². The number of nitrogens with one attached hydrogen (secondary N) is 1. The molecule has 3 aromatic rings. The Morgan fingerprint density at radius 2 is 2.16 bits per heavy atom. The van der Waals surface area contributed by atoms with Crippen LogP contribution in [0.3, 0.4) is 0 Å². The van der Waals surface area contributed by atoms with Crippen LogP contribution < -0.4 is 10.1 Å². The fourth-order valence-electron chi connectivity index (χ4n) is 2.86. The van der Waals surface area contributed by atoms with Crippen LogP contribution in [0.15, 0.2) is 41.2 Å². The molecule has 1 amide bonds. The molecule has 2 aromatic heterocycles. The van der Waals surface area contributed by atoms with Crippen molar-refractivity contribution in [1.29, 1.82) is 0 Å². The number of hydrogen-bond donors (Lipinski definition) is 1. The van der Waals surface area contributed by atoms with Crippen molar-refractivity contribution in [2.45, 2.75) is 24.8 Å². The molecule has 0 radical (unpaired) electrons. The van der Waals surface area contributed by atoms with Gasteiger partial charge in [0.2, 0.25) is 5.44 Å². The van der Waals surface area contributed by atoms with Gasteiger partial charge in [0.05, 0.1) is 11.1 Å². The summed E-state index contributed by atoms with van der Waals surface area (Å²) in [5, 5.41) is 7.56. The van der Waals surface area contributed by atoms with Gasteiger partial charge in [-0.3, -0.25) is 9.78 Å². The van der Waals surface area contributed by atoms with Crippen molar-refractivity contribution in [3.8, 4) is 28.7 Å². The van der Waals surface area contributed by atoms with Crippen LogP contribution in [0, 0.1) is 17.7 Å². The normalized spacial score (nSPS) is 12.2. The molecule has 1 unspecified atom stereocenters. The lowest BCUT2D eigenvalue weighted by molar-refractivity contribution is -0.125. The van der Waals surface area contributed by atoms with E-state index in [1.54, 1.807) is 50.8 Å². The van der Waals surface area contributed by atoms with Crippen LogP contribution in [0.2, 0.25) is 0 Å². The van der Waals surface area contributed by atoms with Crippen molar-refractivity contribution in [2.75, 3.05) is 20.0 Å². The van der Waals surface area contributed by atoms with Crippen LogP contribution in [-0.4, -0.2) is 41.8 Å². The molecule has 1 aromatic carbocycles. The minimum absolute atomic E-state index is 0.00505. The zero-order valence-corrected chi connectivity index (χ0v) is 19.3. The number of thiophene rings is 1. The number of ether oxygens (including phenoxy) is 2. The highest BCUT2D eigenvalue weighted by Crippen LogP contribution is 2.30. The topological polar surface area (TPSA) is 60.5 Å². The molecule has 5 nitrogen and oxygen atoms in total. The summed E-state index contributed by atoms with van der Waals surface area (Å²) in [4.78, 5) is 17.1. The minimum Gasteiger partial charge on any atom is -0.467 e. The second-order valence-electron chi connectivity index (χ2n) is 7.25. The second-order valence-corrected chi connectivity index (χ2v) is 8.93. The second kappa shape index (κ2) is 10.1. The third-order valence-electron chi connectivity index (χ3n) is 4.30. The molecule has 8 heteroatoms. The minimum atomic E-state index is -0.941. The number of halogens is 1. The molecule has 0 fully saturated rings. The van der Waals surface area contributed by atoms with Gasteiger partial charge in [0.25, 0.3) is 5.91 Å². The predicted octanol–water partition coefficient (Wildman–Crippen LogP) is 4.71. The van der Waals surface area contributed by atoms with E-state index < -0.39 is 22.7 Å². The molecule has 0 bridgehead atoms. The van der Waals surface area contributed by atoms with E-state index in [9.17, 15) is 9.18 Å². The van der Waals surface area contributed by atoms with E-state index in [1.165, 1.54) is 17.8 Å². The standard InChI is InChI=1S/C23H23FN2O3S2/c1-23(2,7-5-8-28-3)26-21(27)22(30-4)29-20-11-16-10-17(15-6-9-31-14-15)13-25-19(16)12-18(20)24/h6,9-14,22H,8H2,1-4H3,(H,26,27). The Morgan fingerprint density at radius 1 is 1.35 bits per heavy atom. The summed E-state index contributed by atoms with van der Waals surface area (Å²) in [5.74, 6) is 4.79. The molecule has 0 aliphatic heterocycles. The zero-order chi connectivity index (χ0) is 22.4. The van der Waals surface area contributed by atoms with Crippen LogP contribution in [0.1, 0.15) is 13.8 Å². The summed E-state index contributed by atoms with van der Waals surface area (Å²) >= 11 is 2.76. The number of pyridine rings is 1. The summed E-state index contributed by atoms with van der Waals surface area (Å²) < 4.78 is 25.3. The smallest absolute Gasteiger partial charge is 0.272 e. The molecule has 162 valence electrons. The largest absolute Gasteiger partial charge is 0.467 e. The van der Waals surface area contributed by atoms with Crippen LogP contribution in [0.25, 0.3) is 22.0 Å². The van der Waals surface area contributed by atoms with Crippen LogP contribution in [0.5, 0.6) is 5.75 Å². The fourth-order valence-corrected chi connectivity index (χ4v) is 4.00. The van der Waals surface area contributed by atoms with Gasteiger partial charge in [0.15, 0.2) is 11.6 Å². The van der Waals surface area contributed by atoms with Gasteiger partial charge in [-0.05, 0) is 54.6 Å². The van der Waals surface area contributed by atoms with Gasteiger partial charge in [-0.15, -0.1) is 11.8 Å². The molecule has 1 atom stereocenters. The molecular weight excluding hydrogens is 435 g/mol. The first kappa shape index (κ1) is 23.1. The van der Waals surface area contributed by atoms with E-state index in [0.717, 1.165) is 16.5 Å². The van der Waals surface area contributed by atoms with Crippen molar-refractivity contribution in [1.82, 2.24) is 10.3 Å². The van der Waals surface area contributed by atoms with Crippen molar-refractivity contribution in [2.24, 2.45) is 0 Å². The first-order valence-electron chi connectivity index (χ1n) is 9.45. The highest BCUT2D eigenvalue weighted by Gasteiger charge is 2.26. The van der Waals surface area contributed by atoms with Gasteiger partial charge in [-0.25, -0.2) is 4.39 Å². The maximum absolute atomic E-state index is 14.7. The van der Waals surface area contributed by atoms with Gasteiger partial charge in [-0.1, -0.05) is 11.8 Å². The highest BCUT2D eigenvalue weighted by molar-refractivity contribution is 7.99. The van der Waals surface area contributed by atoms with Crippen molar-refractivity contribution < 1.29 is 18.7 Å². The van der Waals surface area contributed by atoms with Gasteiger partial charge in [0.1, 0.15) is 6.61 Å². The van der Waals surface area contributed by atoms with E-state index in [1.807, 2.05) is 22.9 Å². The predicted molar refractivity (Wildman–Crippen MR) is 125 cm³/mol. The van der Waals surface area contributed by atoms with E-state index in [2.05, 4.69) is 22.1 Å². The summed E-state index contributed by atoms with van der Waals surface area (Å²) in [5.41, 5.74) is 0.770. The lowest BCUT2D eigenvalue weighted by atomic mass is 10.1. The van der Waals surface area contributed by atoms with Crippen LogP contribution in [0.4, 0.5) is 4.39 Å². The number of fused-ring (bicyclic) bond motifs is 1. The molecule has 2 heterocycles. The number of carbonyl (C=O) groups excluding carboxylic acids is 1. The van der Waals surface area contributed by atoms with E-state index >= 15 is 0 Å². The van der Waals surface area contributed by atoms with Gasteiger partial charge >= 0.3 is 0 Å². The molecule has 0 aliphatic carbocycles. The van der Waals surface area contributed by atoms with Crippen molar-refractivity contribution in [3.63, 3.8) is 0 Å². The van der Waals surface area contributed by atoms with Gasteiger partial charge in [-0.2, -0.15) is 11.3 Å². The van der Waals surface area contributed by atoms with Gasteiger partial charge < -0.3 is 14.8 Å². The maximum atomic E-state index is 14.7. The molecule has 31 heavy (non-hydrogen) atoms. The summed E-state index contributed by atoms with van der Waals surface area (Å²) in [7, 11) is 1.55. The Kier molecular flexibility index (Phi) is 7.55. The van der Waals surface area contributed by atoms with E-state index in [4.69, 9.17) is 9.47 Å². The Bertz CT molecular complexity index is 1120. The summed E-state index contributed by atoms with van der Waals surface area (Å²) in [6.07, 6.45) is 3.44. The average molecular weight is 459 g/mol. The number of nitrogens with zero attached hydrogens (tertiary/aromatic N) is 1. The molecule has 3 rings (SSSR count). The Hall–Kier alpha value is -2.60. The number of hydrogen-bond acceptors (Lipinski definition) is 6. The SMILES string of the molecule is COCC#CC(C)(C)NC(=O)C(Oc1cc2cc(-c3ccsc3)cnc2cc1F)SC. The third-order valence-corrected chi connectivity index (χ3v) is 5.73. The lowest BCUT2D eigenvalue weighted by Crippen LogP contribution is -2.47.